The van der Waals surface area contributed by atoms with Gasteiger partial charge in [0.15, 0.2) is 0 Å². The van der Waals surface area contributed by atoms with Crippen LogP contribution in [0.3, 0.4) is 0 Å². The van der Waals surface area contributed by atoms with Crippen molar-refractivity contribution in [1.29, 1.82) is 0 Å². The van der Waals surface area contributed by atoms with Gasteiger partial charge in [-0.1, -0.05) is 18.2 Å². The summed E-state index contributed by atoms with van der Waals surface area (Å²) in [6.45, 7) is 0.761. The number of benzene rings is 1. The molecule has 3 aromatic rings. The number of pyridine rings is 1. The lowest BCUT2D eigenvalue weighted by molar-refractivity contribution is 0.0723. The summed E-state index contributed by atoms with van der Waals surface area (Å²) >= 11 is 1.57. The van der Waals surface area contributed by atoms with E-state index in [1.807, 2.05) is 35.0 Å². The Morgan fingerprint density at radius 3 is 2.61 bits per heavy atom. The van der Waals surface area contributed by atoms with E-state index in [-0.39, 0.29) is 11.5 Å². The van der Waals surface area contributed by atoms with E-state index in [2.05, 4.69) is 4.98 Å². The average molecular weight is 326 g/mol. The Balaban J connectivity index is 1.88. The van der Waals surface area contributed by atoms with Crippen molar-refractivity contribution in [3.8, 4) is 0 Å². The van der Waals surface area contributed by atoms with Gasteiger partial charge in [0.05, 0.1) is 17.8 Å². The standard InChI is InChI=1S/C18H15FN2OS/c19-17-7-2-1-6-16(17)18(22)21(11-14-8-10-23-13-14)12-15-5-3-4-9-20-15/h1-10,13H,11-12H2. The maximum atomic E-state index is 14.0. The van der Waals surface area contributed by atoms with Crippen molar-refractivity contribution >= 4 is 17.2 Å². The zero-order chi connectivity index (χ0) is 16.1. The maximum Gasteiger partial charge on any atom is 0.257 e. The van der Waals surface area contributed by atoms with Crippen LogP contribution in [0.1, 0.15) is 21.6 Å². The third-order valence-corrected chi connectivity index (χ3v) is 4.16. The molecule has 0 radical (unpaired) electrons. The highest BCUT2D eigenvalue weighted by Gasteiger charge is 2.20. The summed E-state index contributed by atoms with van der Waals surface area (Å²) in [7, 11) is 0. The predicted molar refractivity (Wildman–Crippen MR) is 88.5 cm³/mol. The number of carbonyl (C=O) groups excluding carboxylic acids is 1. The van der Waals surface area contributed by atoms with Crippen molar-refractivity contribution in [2.75, 3.05) is 0 Å². The molecule has 0 aliphatic heterocycles. The van der Waals surface area contributed by atoms with Crippen LogP contribution in [0.2, 0.25) is 0 Å². The normalized spacial score (nSPS) is 10.5. The Labute approximate surface area is 138 Å². The predicted octanol–water partition coefficient (Wildman–Crippen LogP) is 4.12. The molecule has 0 aliphatic carbocycles. The molecule has 116 valence electrons. The lowest BCUT2D eigenvalue weighted by Gasteiger charge is -2.22. The largest absolute Gasteiger partial charge is 0.328 e. The van der Waals surface area contributed by atoms with Crippen molar-refractivity contribution in [1.82, 2.24) is 9.88 Å². The molecular weight excluding hydrogens is 311 g/mol. The number of rotatable bonds is 5. The first-order chi connectivity index (χ1) is 11.2. The summed E-state index contributed by atoms with van der Waals surface area (Å²) in [6.07, 6.45) is 1.69. The highest BCUT2D eigenvalue weighted by Crippen LogP contribution is 2.17. The Morgan fingerprint density at radius 2 is 1.91 bits per heavy atom. The van der Waals surface area contributed by atoms with Gasteiger partial charge in [0.25, 0.3) is 5.91 Å². The van der Waals surface area contributed by atoms with Crippen LogP contribution in [-0.4, -0.2) is 15.8 Å². The highest BCUT2D eigenvalue weighted by molar-refractivity contribution is 7.07. The van der Waals surface area contributed by atoms with Crippen LogP contribution < -0.4 is 0 Å². The Morgan fingerprint density at radius 1 is 1.09 bits per heavy atom. The van der Waals surface area contributed by atoms with Crippen LogP contribution in [0, 0.1) is 5.82 Å². The fourth-order valence-electron chi connectivity index (χ4n) is 2.29. The van der Waals surface area contributed by atoms with Crippen molar-refractivity contribution in [3.63, 3.8) is 0 Å². The van der Waals surface area contributed by atoms with Gasteiger partial charge in [-0.3, -0.25) is 9.78 Å². The second-order valence-electron chi connectivity index (χ2n) is 5.09. The van der Waals surface area contributed by atoms with E-state index < -0.39 is 5.82 Å². The van der Waals surface area contributed by atoms with Crippen LogP contribution in [0.25, 0.3) is 0 Å². The monoisotopic (exact) mass is 326 g/mol. The van der Waals surface area contributed by atoms with E-state index >= 15 is 0 Å². The summed E-state index contributed by atoms with van der Waals surface area (Å²) in [5.41, 5.74) is 1.88. The molecule has 3 rings (SSSR count). The van der Waals surface area contributed by atoms with Gasteiger partial charge >= 0.3 is 0 Å². The molecule has 0 bridgehead atoms. The number of halogens is 1. The molecule has 0 N–H and O–H groups in total. The molecule has 2 aromatic heterocycles. The Bertz CT molecular complexity index is 775. The summed E-state index contributed by atoms with van der Waals surface area (Å²) in [5.74, 6) is -0.839. The molecule has 0 saturated heterocycles. The molecule has 0 spiro atoms. The minimum absolute atomic E-state index is 0.0821. The molecule has 23 heavy (non-hydrogen) atoms. The topological polar surface area (TPSA) is 33.2 Å². The van der Waals surface area contributed by atoms with Gasteiger partial charge in [-0.05, 0) is 46.7 Å². The zero-order valence-electron chi connectivity index (χ0n) is 12.4. The van der Waals surface area contributed by atoms with Gasteiger partial charge in [0, 0.05) is 12.7 Å². The van der Waals surface area contributed by atoms with E-state index in [0.29, 0.717) is 13.1 Å². The lowest BCUT2D eigenvalue weighted by atomic mass is 10.1. The number of nitrogens with zero attached hydrogens (tertiary/aromatic N) is 2. The third-order valence-electron chi connectivity index (χ3n) is 3.42. The Kier molecular flexibility index (Phi) is 4.78. The second kappa shape index (κ2) is 7.15. The smallest absolute Gasteiger partial charge is 0.257 e. The minimum atomic E-state index is -0.506. The molecular formula is C18H15FN2OS. The van der Waals surface area contributed by atoms with Gasteiger partial charge in [0.1, 0.15) is 5.82 Å². The summed E-state index contributed by atoms with van der Waals surface area (Å²) in [6, 6.07) is 13.6. The van der Waals surface area contributed by atoms with Crippen LogP contribution in [0.5, 0.6) is 0 Å². The highest BCUT2D eigenvalue weighted by atomic mass is 32.1. The summed E-state index contributed by atoms with van der Waals surface area (Å²) in [5, 5.41) is 3.95. The quantitative estimate of drug-likeness (QED) is 0.706. The fourth-order valence-corrected chi connectivity index (χ4v) is 2.95. The number of amides is 1. The number of hydrogen-bond donors (Lipinski definition) is 0. The maximum absolute atomic E-state index is 14.0. The fraction of sp³-hybridized carbons (Fsp3) is 0.111. The van der Waals surface area contributed by atoms with Crippen LogP contribution in [0.4, 0.5) is 4.39 Å². The second-order valence-corrected chi connectivity index (χ2v) is 5.87. The number of thiophene rings is 1. The molecule has 0 saturated carbocycles. The van der Waals surface area contributed by atoms with Crippen molar-refractivity contribution in [2.45, 2.75) is 13.1 Å². The van der Waals surface area contributed by atoms with Crippen molar-refractivity contribution in [2.24, 2.45) is 0 Å². The van der Waals surface area contributed by atoms with Gasteiger partial charge in [-0.25, -0.2) is 4.39 Å². The molecule has 0 atom stereocenters. The Hall–Kier alpha value is -2.53. The van der Waals surface area contributed by atoms with Crippen LogP contribution in [0.15, 0.2) is 65.5 Å². The van der Waals surface area contributed by atoms with Crippen LogP contribution >= 0.6 is 11.3 Å². The van der Waals surface area contributed by atoms with E-state index in [4.69, 9.17) is 0 Å². The molecule has 1 aromatic carbocycles. The zero-order valence-corrected chi connectivity index (χ0v) is 13.2. The lowest BCUT2D eigenvalue weighted by Crippen LogP contribution is -2.31. The number of carbonyl (C=O) groups is 1. The third kappa shape index (κ3) is 3.81. The molecule has 3 nitrogen and oxygen atoms in total. The first-order valence-corrected chi connectivity index (χ1v) is 8.13. The molecule has 0 unspecified atom stereocenters. The van der Waals surface area contributed by atoms with E-state index in [1.54, 1.807) is 34.6 Å². The SMILES string of the molecule is O=C(c1ccccc1F)N(Cc1ccsc1)Cc1ccccn1. The van der Waals surface area contributed by atoms with Gasteiger partial charge in [0.2, 0.25) is 0 Å². The van der Waals surface area contributed by atoms with Crippen molar-refractivity contribution in [3.05, 3.63) is 88.1 Å². The molecule has 2 heterocycles. The van der Waals surface area contributed by atoms with E-state index in [9.17, 15) is 9.18 Å². The van der Waals surface area contributed by atoms with Gasteiger partial charge in [-0.2, -0.15) is 11.3 Å². The van der Waals surface area contributed by atoms with Crippen molar-refractivity contribution < 1.29 is 9.18 Å². The summed E-state index contributed by atoms with van der Waals surface area (Å²) < 4.78 is 14.0. The first kappa shape index (κ1) is 15.4. The minimum Gasteiger partial charge on any atom is -0.328 e. The molecule has 5 heteroatoms. The summed E-state index contributed by atoms with van der Waals surface area (Å²) in [4.78, 5) is 18.6. The molecule has 1 amide bonds. The van der Waals surface area contributed by atoms with E-state index in [0.717, 1.165) is 11.3 Å². The first-order valence-electron chi connectivity index (χ1n) is 7.19. The van der Waals surface area contributed by atoms with Crippen LogP contribution in [-0.2, 0) is 13.1 Å². The molecule has 0 aliphatic rings. The molecule has 0 fully saturated rings. The van der Waals surface area contributed by atoms with Gasteiger partial charge in [-0.15, -0.1) is 0 Å². The average Bonchev–Trinajstić information content (AvgIpc) is 3.08. The van der Waals surface area contributed by atoms with E-state index in [1.165, 1.54) is 12.1 Å². The number of aromatic nitrogens is 1. The van der Waals surface area contributed by atoms with Gasteiger partial charge < -0.3 is 4.90 Å². The number of hydrogen-bond acceptors (Lipinski definition) is 3.